The summed E-state index contributed by atoms with van der Waals surface area (Å²) >= 11 is 0. The SMILES string of the molecule is CC(=O)Nc1cccc(CNC(=O)N2CCC(C(=O)c3ccccc3)CC2)c1. The molecule has 1 aliphatic rings. The van der Waals surface area contributed by atoms with Crippen molar-refractivity contribution in [2.24, 2.45) is 5.92 Å². The van der Waals surface area contributed by atoms with Crippen LogP contribution < -0.4 is 10.6 Å². The molecule has 6 nitrogen and oxygen atoms in total. The molecule has 0 spiro atoms. The lowest BCUT2D eigenvalue weighted by atomic mass is 9.89. The maximum Gasteiger partial charge on any atom is 0.317 e. The van der Waals surface area contributed by atoms with Crippen molar-refractivity contribution >= 4 is 23.4 Å². The molecule has 146 valence electrons. The Bertz CT molecular complexity index is 843. The number of carbonyl (C=O) groups excluding carboxylic acids is 3. The normalized spacial score (nSPS) is 14.4. The van der Waals surface area contributed by atoms with Gasteiger partial charge in [-0.05, 0) is 30.5 Å². The van der Waals surface area contributed by atoms with Crippen LogP contribution in [0.1, 0.15) is 35.7 Å². The Morgan fingerprint density at radius 1 is 1.00 bits per heavy atom. The van der Waals surface area contributed by atoms with E-state index in [4.69, 9.17) is 0 Å². The number of amides is 3. The number of hydrogen-bond acceptors (Lipinski definition) is 3. The molecule has 0 aromatic heterocycles. The first kappa shape index (κ1) is 19.6. The fraction of sp³-hybridized carbons (Fsp3) is 0.318. The van der Waals surface area contributed by atoms with Crippen LogP contribution in [0.4, 0.5) is 10.5 Å². The van der Waals surface area contributed by atoms with Crippen molar-refractivity contribution < 1.29 is 14.4 Å². The third-order valence-corrected chi connectivity index (χ3v) is 4.90. The van der Waals surface area contributed by atoms with E-state index in [1.807, 2.05) is 48.5 Å². The average molecular weight is 379 g/mol. The minimum absolute atomic E-state index is 0.0270. The number of Topliss-reactive ketones (excluding diaryl/α,β-unsaturated/α-hetero) is 1. The Hall–Kier alpha value is -3.15. The van der Waals surface area contributed by atoms with Crippen LogP contribution >= 0.6 is 0 Å². The van der Waals surface area contributed by atoms with E-state index in [0.717, 1.165) is 11.1 Å². The molecule has 2 aromatic rings. The first-order valence-electron chi connectivity index (χ1n) is 9.51. The summed E-state index contributed by atoms with van der Waals surface area (Å²) in [6.07, 6.45) is 1.36. The Morgan fingerprint density at radius 3 is 2.39 bits per heavy atom. The molecule has 1 fully saturated rings. The molecule has 0 atom stereocenters. The number of ketones is 1. The molecule has 0 radical (unpaired) electrons. The van der Waals surface area contributed by atoms with Gasteiger partial charge >= 0.3 is 6.03 Å². The van der Waals surface area contributed by atoms with Crippen LogP contribution in [0.25, 0.3) is 0 Å². The van der Waals surface area contributed by atoms with Gasteiger partial charge < -0.3 is 15.5 Å². The van der Waals surface area contributed by atoms with Crippen LogP contribution in [-0.2, 0) is 11.3 Å². The van der Waals surface area contributed by atoms with Crippen LogP contribution in [0.3, 0.4) is 0 Å². The highest BCUT2D eigenvalue weighted by atomic mass is 16.2. The number of urea groups is 1. The van der Waals surface area contributed by atoms with Crippen LogP contribution in [0.15, 0.2) is 54.6 Å². The molecule has 0 saturated carbocycles. The van der Waals surface area contributed by atoms with Crippen molar-refractivity contribution in [3.05, 3.63) is 65.7 Å². The van der Waals surface area contributed by atoms with Gasteiger partial charge in [0.05, 0.1) is 0 Å². The molecule has 1 aliphatic heterocycles. The van der Waals surface area contributed by atoms with Crippen molar-refractivity contribution in [2.75, 3.05) is 18.4 Å². The summed E-state index contributed by atoms with van der Waals surface area (Å²) in [6, 6.07) is 16.6. The first-order valence-corrected chi connectivity index (χ1v) is 9.51. The molecular formula is C22H25N3O3. The van der Waals surface area contributed by atoms with Gasteiger partial charge in [0, 0.05) is 43.7 Å². The Labute approximate surface area is 164 Å². The number of benzene rings is 2. The monoisotopic (exact) mass is 379 g/mol. The van der Waals surface area contributed by atoms with Crippen LogP contribution in [0.5, 0.6) is 0 Å². The third-order valence-electron chi connectivity index (χ3n) is 4.90. The van der Waals surface area contributed by atoms with Gasteiger partial charge in [-0.25, -0.2) is 4.79 Å². The standard InChI is InChI=1S/C22H25N3O3/c1-16(26)24-20-9-5-6-17(14-20)15-23-22(28)25-12-10-19(11-13-25)21(27)18-7-3-2-4-8-18/h2-9,14,19H,10-13,15H2,1H3,(H,23,28)(H,24,26). The second kappa shape index (κ2) is 9.17. The van der Waals surface area contributed by atoms with Gasteiger partial charge in [-0.3, -0.25) is 9.59 Å². The highest BCUT2D eigenvalue weighted by molar-refractivity contribution is 5.98. The summed E-state index contributed by atoms with van der Waals surface area (Å²) in [5.74, 6) is 0.00494. The van der Waals surface area contributed by atoms with Gasteiger partial charge in [-0.1, -0.05) is 42.5 Å². The minimum atomic E-state index is -0.130. The third kappa shape index (κ3) is 5.19. The number of anilines is 1. The van der Waals surface area contributed by atoms with Gasteiger partial charge in [0.2, 0.25) is 5.91 Å². The molecule has 0 bridgehead atoms. The molecule has 2 N–H and O–H groups in total. The molecule has 6 heteroatoms. The number of likely N-dealkylation sites (tertiary alicyclic amines) is 1. The lowest BCUT2D eigenvalue weighted by molar-refractivity contribution is -0.114. The summed E-state index contributed by atoms with van der Waals surface area (Å²) in [5.41, 5.74) is 2.36. The lowest BCUT2D eigenvalue weighted by Gasteiger charge is -2.31. The molecule has 3 amide bonds. The fourth-order valence-electron chi connectivity index (χ4n) is 3.43. The number of nitrogens with zero attached hydrogens (tertiary/aromatic N) is 1. The van der Waals surface area contributed by atoms with E-state index in [2.05, 4.69) is 10.6 Å². The smallest absolute Gasteiger partial charge is 0.317 e. The van der Waals surface area contributed by atoms with Gasteiger partial charge in [-0.15, -0.1) is 0 Å². The summed E-state index contributed by atoms with van der Waals surface area (Å²) < 4.78 is 0. The van der Waals surface area contributed by atoms with Crippen molar-refractivity contribution in [3.8, 4) is 0 Å². The number of carbonyl (C=O) groups is 3. The Morgan fingerprint density at radius 2 is 1.71 bits per heavy atom. The largest absolute Gasteiger partial charge is 0.334 e. The average Bonchev–Trinajstić information content (AvgIpc) is 2.72. The zero-order valence-electron chi connectivity index (χ0n) is 16.0. The second-order valence-electron chi connectivity index (χ2n) is 7.03. The van der Waals surface area contributed by atoms with E-state index in [1.54, 1.807) is 11.0 Å². The number of nitrogens with one attached hydrogen (secondary N) is 2. The lowest BCUT2D eigenvalue weighted by Crippen LogP contribution is -2.45. The second-order valence-corrected chi connectivity index (χ2v) is 7.03. The van der Waals surface area contributed by atoms with Crippen LogP contribution in [0, 0.1) is 5.92 Å². The molecular weight excluding hydrogens is 354 g/mol. The van der Waals surface area contributed by atoms with Crippen molar-refractivity contribution in [3.63, 3.8) is 0 Å². The molecule has 0 aliphatic carbocycles. The van der Waals surface area contributed by atoms with Gasteiger partial charge in [0.15, 0.2) is 5.78 Å². The maximum atomic E-state index is 12.5. The Balaban J connectivity index is 1.48. The maximum absolute atomic E-state index is 12.5. The zero-order valence-corrected chi connectivity index (χ0v) is 16.0. The summed E-state index contributed by atoms with van der Waals surface area (Å²) in [4.78, 5) is 37.9. The summed E-state index contributed by atoms with van der Waals surface area (Å²) in [6.45, 7) is 2.98. The van der Waals surface area contributed by atoms with E-state index in [0.29, 0.717) is 38.2 Å². The van der Waals surface area contributed by atoms with Gasteiger partial charge in [0.25, 0.3) is 0 Å². The minimum Gasteiger partial charge on any atom is -0.334 e. The van der Waals surface area contributed by atoms with Crippen molar-refractivity contribution in [1.29, 1.82) is 0 Å². The molecule has 3 rings (SSSR count). The van der Waals surface area contributed by atoms with E-state index in [9.17, 15) is 14.4 Å². The highest BCUT2D eigenvalue weighted by Crippen LogP contribution is 2.22. The molecule has 1 heterocycles. The fourth-order valence-corrected chi connectivity index (χ4v) is 3.43. The van der Waals surface area contributed by atoms with Crippen molar-refractivity contribution in [2.45, 2.75) is 26.3 Å². The van der Waals surface area contributed by atoms with Crippen LogP contribution in [0.2, 0.25) is 0 Å². The van der Waals surface area contributed by atoms with E-state index >= 15 is 0 Å². The quantitative estimate of drug-likeness (QED) is 0.781. The number of rotatable bonds is 5. The van der Waals surface area contributed by atoms with Gasteiger partial charge in [0.1, 0.15) is 0 Å². The number of piperidine rings is 1. The molecule has 28 heavy (non-hydrogen) atoms. The Kier molecular flexibility index (Phi) is 6.42. The van der Waals surface area contributed by atoms with Gasteiger partial charge in [-0.2, -0.15) is 0 Å². The molecule has 2 aromatic carbocycles. The topological polar surface area (TPSA) is 78.5 Å². The van der Waals surface area contributed by atoms with Crippen LogP contribution in [-0.4, -0.2) is 35.7 Å². The predicted octanol–water partition coefficient (Wildman–Crippen LogP) is 3.45. The molecule has 0 unspecified atom stereocenters. The van der Waals surface area contributed by atoms with E-state index < -0.39 is 0 Å². The van der Waals surface area contributed by atoms with Crippen molar-refractivity contribution in [1.82, 2.24) is 10.2 Å². The predicted molar refractivity (Wildman–Crippen MR) is 108 cm³/mol. The molecule has 1 saturated heterocycles. The summed E-state index contributed by atoms with van der Waals surface area (Å²) in [5, 5.41) is 5.65. The van der Waals surface area contributed by atoms with E-state index in [1.165, 1.54) is 6.92 Å². The van der Waals surface area contributed by atoms with E-state index in [-0.39, 0.29) is 23.6 Å². The zero-order chi connectivity index (χ0) is 19.9. The number of hydrogen-bond donors (Lipinski definition) is 2. The first-order chi connectivity index (χ1) is 13.5. The summed E-state index contributed by atoms with van der Waals surface area (Å²) in [7, 11) is 0. The highest BCUT2D eigenvalue weighted by Gasteiger charge is 2.27.